The lowest BCUT2D eigenvalue weighted by Gasteiger charge is -2.26. The fourth-order valence-electron chi connectivity index (χ4n) is 3.71. The molecule has 10 heteroatoms. The number of fused-ring (bicyclic) bond motifs is 1. The molecule has 0 spiro atoms. The van der Waals surface area contributed by atoms with E-state index in [0.29, 0.717) is 24.2 Å². The largest absolute Gasteiger partial charge is 0.506 e. The number of morpholine rings is 1. The van der Waals surface area contributed by atoms with Crippen LogP contribution in [0.25, 0.3) is 10.8 Å². The molecular formula is C24H24N2O7S. The van der Waals surface area contributed by atoms with Crippen molar-refractivity contribution in [1.29, 1.82) is 0 Å². The number of aromatic hydroxyl groups is 1. The van der Waals surface area contributed by atoms with Gasteiger partial charge in [-0.15, -0.1) is 0 Å². The van der Waals surface area contributed by atoms with E-state index in [1.165, 1.54) is 16.4 Å². The van der Waals surface area contributed by atoms with Crippen LogP contribution in [0.4, 0.5) is 5.69 Å². The minimum Gasteiger partial charge on any atom is -0.506 e. The predicted molar refractivity (Wildman–Crippen MR) is 125 cm³/mol. The number of ether oxygens (including phenoxy) is 2. The maximum atomic E-state index is 13.0. The van der Waals surface area contributed by atoms with E-state index < -0.39 is 28.5 Å². The Hall–Kier alpha value is -3.47. The van der Waals surface area contributed by atoms with E-state index >= 15 is 0 Å². The number of aryl methyl sites for hydroxylation is 1. The predicted octanol–water partition coefficient (Wildman–Crippen LogP) is 2.67. The van der Waals surface area contributed by atoms with E-state index in [4.69, 9.17) is 9.47 Å². The van der Waals surface area contributed by atoms with Crippen molar-refractivity contribution in [2.24, 2.45) is 0 Å². The van der Waals surface area contributed by atoms with Gasteiger partial charge < -0.3 is 19.9 Å². The number of nitrogens with zero attached hydrogens (tertiary/aromatic N) is 1. The highest BCUT2D eigenvalue weighted by Crippen LogP contribution is 2.29. The summed E-state index contributed by atoms with van der Waals surface area (Å²) >= 11 is 0. The first-order valence-corrected chi connectivity index (χ1v) is 12.1. The van der Waals surface area contributed by atoms with Crippen LogP contribution in [0.15, 0.2) is 59.5 Å². The summed E-state index contributed by atoms with van der Waals surface area (Å²) in [6.45, 7) is 2.24. The Bertz CT molecular complexity index is 1350. The summed E-state index contributed by atoms with van der Waals surface area (Å²) in [5.41, 5.74) is 0.746. The van der Waals surface area contributed by atoms with Gasteiger partial charge in [-0.05, 0) is 36.1 Å². The molecule has 4 rings (SSSR count). The summed E-state index contributed by atoms with van der Waals surface area (Å²) in [6.07, 6.45) is 0. The Labute approximate surface area is 196 Å². The first-order chi connectivity index (χ1) is 16.3. The van der Waals surface area contributed by atoms with Gasteiger partial charge in [0.25, 0.3) is 5.91 Å². The molecule has 0 saturated carbocycles. The van der Waals surface area contributed by atoms with Gasteiger partial charge in [0.1, 0.15) is 11.3 Å². The average Bonchev–Trinajstić information content (AvgIpc) is 2.84. The smallest absolute Gasteiger partial charge is 0.342 e. The normalized spacial score (nSPS) is 14.6. The third-order valence-electron chi connectivity index (χ3n) is 5.51. The summed E-state index contributed by atoms with van der Waals surface area (Å²) in [6, 6.07) is 14.7. The molecule has 9 nitrogen and oxygen atoms in total. The second-order valence-corrected chi connectivity index (χ2v) is 9.71. The molecule has 178 valence electrons. The number of benzene rings is 3. The number of amides is 1. The highest BCUT2D eigenvalue weighted by Gasteiger charge is 2.28. The van der Waals surface area contributed by atoms with Gasteiger partial charge in [0.2, 0.25) is 10.0 Å². The monoisotopic (exact) mass is 484 g/mol. The van der Waals surface area contributed by atoms with Crippen LogP contribution in [-0.4, -0.2) is 62.6 Å². The second-order valence-electron chi connectivity index (χ2n) is 7.80. The van der Waals surface area contributed by atoms with E-state index in [2.05, 4.69) is 5.32 Å². The van der Waals surface area contributed by atoms with Crippen molar-refractivity contribution in [2.75, 3.05) is 38.2 Å². The minimum atomic E-state index is -3.75. The number of nitrogens with one attached hydrogen (secondary N) is 1. The first-order valence-electron chi connectivity index (χ1n) is 10.6. The van der Waals surface area contributed by atoms with Gasteiger partial charge in [0.05, 0.1) is 18.1 Å². The van der Waals surface area contributed by atoms with Crippen molar-refractivity contribution in [3.63, 3.8) is 0 Å². The molecule has 3 aromatic rings. The van der Waals surface area contributed by atoms with Gasteiger partial charge in [-0.2, -0.15) is 4.31 Å². The van der Waals surface area contributed by atoms with Crippen LogP contribution in [0.3, 0.4) is 0 Å². The van der Waals surface area contributed by atoms with Crippen molar-refractivity contribution in [1.82, 2.24) is 4.31 Å². The third-order valence-corrected chi connectivity index (χ3v) is 7.56. The summed E-state index contributed by atoms with van der Waals surface area (Å²) in [5, 5.41) is 14.2. The van der Waals surface area contributed by atoms with Crippen molar-refractivity contribution < 1.29 is 32.6 Å². The Morgan fingerprint density at radius 1 is 1.09 bits per heavy atom. The van der Waals surface area contributed by atoms with Crippen LogP contribution in [0.5, 0.6) is 5.75 Å². The summed E-state index contributed by atoms with van der Waals surface area (Å²) < 4.78 is 37.6. The average molecular weight is 485 g/mol. The molecule has 0 bridgehead atoms. The number of phenols is 1. The van der Waals surface area contributed by atoms with Gasteiger partial charge in [0, 0.05) is 24.2 Å². The zero-order valence-corrected chi connectivity index (χ0v) is 19.3. The molecule has 1 saturated heterocycles. The molecule has 34 heavy (non-hydrogen) atoms. The van der Waals surface area contributed by atoms with Crippen LogP contribution in [0, 0.1) is 6.92 Å². The summed E-state index contributed by atoms with van der Waals surface area (Å²) in [4.78, 5) is 24.9. The lowest BCUT2D eigenvalue weighted by Crippen LogP contribution is -2.40. The molecule has 0 atom stereocenters. The maximum absolute atomic E-state index is 13.0. The molecule has 1 fully saturated rings. The van der Waals surface area contributed by atoms with Crippen LogP contribution < -0.4 is 5.32 Å². The number of esters is 1. The quantitative estimate of drug-likeness (QED) is 0.516. The number of sulfonamides is 1. The van der Waals surface area contributed by atoms with Crippen molar-refractivity contribution in [3.8, 4) is 5.75 Å². The van der Waals surface area contributed by atoms with Gasteiger partial charge in [0.15, 0.2) is 6.61 Å². The van der Waals surface area contributed by atoms with Crippen molar-refractivity contribution in [2.45, 2.75) is 11.8 Å². The van der Waals surface area contributed by atoms with Crippen LogP contribution >= 0.6 is 0 Å². The first kappa shape index (κ1) is 23.7. The summed E-state index contributed by atoms with van der Waals surface area (Å²) in [5.74, 6) is -1.72. The van der Waals surface area contributed by atoms with Gasteiger partial charge >= 0.3 is 5.97 Å². The van der Waals surface area contributed by atoms with Gasteiger partial charge in [-0.25, -0.2) is 13.2 Å². The van der Waals surface area contributed by atoms with E-state index in [0.717, 1.165) is 5.39 Å². The van der Waals surface area contributed by atoms with Crippen LogP contribution in [-0.2, 0) is 24.3 Å². The fourth-order valence-corrected chi connectivity index (χ4v) is 5.37. The second kappa shape index (κ2) is 9.80. The van der Waals surface area contributed by atoms with Crippen molar-refractivity contribution >= 4 is 38.4 Å². The van der Waals surface area contributed by atoms with Crippen LogP contribution in [0.1, 0.15) is 15.9 Å². The zero-order valence-electron chi connectivity index (χ0n) is 18.5. The van der Waals surface area contributed by atoms with E-state index in [1.807, 2.05) is 6.07 Å². The maximum Gasteiger partial charge on any atom is 0.342 e. The molecule has 3 aromatic carbocycles. The molecule has 0 unspecified atom stereocenters. The molecule has 0 aromatic heterocycles. The molecule has 0 aliphatic carbocycles. The molecule has 1 aliphatic rings. The molecule has 1 aliphatic heterocycles. The highest BCUT2D eigenvalue weighted by atomic mass is 32.2. The number of carbonyl (C=O) groups is 2. The zero-order chi connectivity index (χ0) is 24.3. The topological polar surface area (TPSA) is 122 Å². The van der Waals surface area contributed by atoms with Gasteiger partial charge in [-0.1, -0.05) is 36.4 Å². The number of anilines is 1. The number of hydrogen-bond acceptors (Lipinski definition) is 7. The van der Waals surface area contributed by atoms with E-state index in [1.54, 1.807) is 43.3 Å². The molecular weight excluding hydrogens is 460 g/mol. The number of hydrogen-bond donors (Lipinski definition) is 2. The Balaban J connectivity index is 1.43. The van der Waals surface area contributed by atoms with Crippen molar-refractivity contribution in [3.05, 3.63) is 65.7 Å². The standard InChI is InChI=1S/C24H24N2O7S/c1-16-6-8-18(14-21(16)34(30,31)26-10-12-32-13-11-26)25-22(27)15-33-24(29)20-9-7-17-4-2-3-5-19(17)23(20)28/h2-9,14,28H,10-13,15H2,1H3,(H,25,27). The Morgan fingerprint density at radius 2 is 1.82 bits per heavy atom. The van der Waals surface area contributed by atoms with E-state index in [-0.39, 0.29) is 35.0 Å². The molecule has 1 amide bonds. The lowest BCUT2D eigenvalue weighted by atomic mass is 10.1. The Morgan fingerprint density at radius 3 is 2.59 bits per heavy atom. The number of phenolic OH excluding ortho intramolecular Hbond substituents is 1. The molecule has 0 radical (unpaired) electrons. The molecule has 1 heterocycles. The lowest BCUT2D eigenvalue weighted by molar-refractivity contribution is -0.119. The van der Waals surface area contributed by atoms with Crippen LogP contribution in [0.2, 0.25) is 0 Å². The van der Waals surface area contributed by atoms with Gasteiger partial charge in [-0.3, -0.25) is 4.79 Å². The minimum absolute atomic E-state index is 0.0549. The SMILES string of the molecule is Cc1ccc(NC(=O)COC(=O)c2ccc3ccccc3c2O)cc1S(=O)(=O)N1CCOCC1. The highest BCUT2D eigenvalue weighted by molar-refractivity contribution is 7.89. The van der Waals surface area contributed by atoms with E-state index in [9.17, 15) is 23.1 Å². The number of carbonyl (C=O) groups excluding carboxylic acids is 2. The fraction of sp³-hybridized carbons (Fsp3) is 0.250. The number of rotatable bonds is 6. The Kier molecular flexibility index (Phi) is 6.82. The third kappa shape index (κ3) is 4.89. The summed E-state index contributed by atoms with van der Waals surface area (Å²) in [7, 11) is -3.75. The molecule has 2 N–H and O–H groups in total.